The largest absolute Gasteiger partial charge is 0.377 e. The third-order valence-corrected chi connectivity index (χ3v) is 5.26. The number of benzene rings is 1. The van der Waals surface area contributed by atoms with Crippen LogP contribution in [0.1, 0.15) is 57.9 Å². The van der Waals surface area contributed by atoms with Gasteiger partial charge in [-0.1, -0.05) is 24.6 Å². The summed E-state index contributed by atoms with van der Waals surface area (Å²) in [7, 11) is 0. The molecule has 132 valence electrons. The third-order valence-electron chi connectivity index (χ3n) is 5.26. The summed E-state index contributed by atoms with van der Waals surface area (Å²) in [4.78, 5) is 0. The van der Waals surface area contributed by atoms with Crippen LogP contribution in [-0.2, 0) is 11.3 Å². The summed E-state index contributed by atoms with van der Waals surface area (Å²) in [5, 5.41) is 5.17. The summed E-state index contributed by atoms with van der Waals surface area (Å²) in [6.45, 7) is 9.25. The van der Waals surface area contributed by atoms with E-state index in [0.29, 0.717) is 18.1 Å². The fourth-order valence-electron chi connectivity index (χ4n) is 4.08. The van der Waals surface area contributed by atoms with Gasteiger partial charge in [0.2, 0.25) is 0 Å². The molecule has 2 unspecified atom stereocenters. The first-order valence-corrected chi connectivity index (χ1v) is 9.61. The van der Waals surface area contributed by atoms with Crippen molar-refractivity contribution in [2.75, 3.05) is 13.2 Å². The molecule has 1 aromatic heterocycles. The van der Waals surface area contributed by atoms with Crippen molar-refractivity contribution in [3.63, 3.8) is 0 Å². The highest BCUT2D eigenvalue weighted by Crippen LogP contribution is 2.37. The molecule has 0 amide bonds. The highest BCUT2D eigenvalue weighted by atomic mass is 16.5. The Balaban J connectivity index is 1.67. The molecule has 0 radical (unpaired) electrons. The van der Waals surface area contributed by atoms with Gasteiger partial charge in [0, 0.05) is 36.2 Å². The summed E-state index contributed by atoms with van der Waals surface area (Å²) < 4.78 is 8.06. The molecule has 3 nitrogen and oxygen atoms in total. The van der Waals surface area contributed by atoms with E-state index in [1.165, 1.54) is 36.6 Å². The van der Waals surface area contributed by atoms with E-state index in [2.05, 4.69) is 61.1 Å². The molecule has 0 saturated heterocycles. The molecular weight excluding hydrogens is 296 g/mol. The number of hydrogen-bond donors (Lipinski definition) is 1. The molecule has 0 bridgehead atoms. The van der Waals surface area contributed by atoms with Gasteiger partial charge < -0.3 is 14.6 Å². The molecule has 2 atom stereocenters. The predicted molar refractivity (Wildman–Crippen MR) is 102 cm³/mol. The van der Waals surface area contributed by atoms with Gasteiger partial charge >= 0.3 is 0 Å². The van der Waals surface area contributed by atoms with E-state index in [9.17, 15) is 0 Å². The van der Waals surface area contributed by atoms with E-state index in [1.54, 1.807) is 5.56 Å². The lowest BCUT2D eigenvalue weighted by atomic mass is 9.81. The standard InChI is InChI=1S/C21H32N2O/c1-4-23-15-20(19-10-5-6-11-21(19)23)17-8-7-9-18(14-17)22-12-13-24-16(2)3/h5-6,10-11,15-18,22H,4,7-9,12-14H2,1-3H3. The Bertz CT molecular complexity index is 646. The van der Waals surface area contributed by atoms with Crippen molar-refractivity contribution in [2.24, 2.45) is 0 Å². The van der Waals surface area contributed by atoms with Crippen LogP contribution in [0, 0.1) is 0 Å². The minimum absolute atomic E-state index is 0.325. The second-order valence-electron chi connectivity index (χ2n) is 7.32. The summed E-state index contributed by atoms with van der Waals surface area (Å²) in [6.07, 6.45) is 7.91. The highest BCUT2D eigenvalue weighted by molar-refractivity contribution is 5.84. The quantitative estimate of drug-likeness (QED) is 0.746. The van der Waals surface area contributed by atoms with Gasteiger partial charge in [-0.2, -0.15) is 0 Å². The van der Waals surface area contributed by atoms with Crippen LogP contribution >= 0.6 is 0 Å². The lowest BCUT2D eigenvalue weighted by Gasteiger charge is -2.30. The zero-order chi connectivity index (χ0) is 16.9. The molecule has 24 heavy (non-hydrogen) atoms. The van der Waals surface area contributed by atoms with Gasteiger partial charge in [0.15, 0.2) is 0 Å². The first-order chi connectivity index (χ1) is 11.7. The van der Waals surface area contributed by atoms with Crippen molar-refractivity contribution in [1.29, 1.82) is 0 Å². The molecule has 1 aliphatic rings. The molecular formula is C21H32N2O. The molecule has 0 spiro atoms. The number of nitrogens with one attached hydrogen (secondary N) is 1. The lowest BCUT2D eigenvalue weighted by Crippen LogP contribution is -2.36. The molecule has 1 saturated carbocycles. The third kappa shape index (κ3) is 4.01. The van der Waals surface area contributed by atoms with E-state index < -0.39 is 0 Å². The van der Waals surface area contributed by atoms with Crippen molar-refractivity contribution < 1.29 is 4.74 Å². The maximum atomic E-state index is 5.65. The fraction of sp³-hybridized carbons (Fsp3) is 0.619. The Morgan fingerprint density at radius 2 is 2.08 bits per heavy atom. The smallest absolute Gasteiger partial charge is 0.0594 e. The Hall–Kier alpha value is -1.32. The van der Waals surface area contributed by atoms with Crippen molar-refractivity contribution in [1.82, 2.24) is 9.88 Å². The van der Waals surface area contributed by atoms with E-state index >= 15 is 0 Å². The van der Waals surface area contributed by atoms with Gasteiger partial charge in [0.25, 0.3) is 0 Å². The number of hydrogen-bond acceptors (Lipinski definition) is 2. The SMILES string of the molecule is CCn1cc(C2CCCC(NCCOC(C)C)C2)c2ccccc21. The number of aryl methyl sites for hydroxylation is 1. The summed E-state index contributed by atoms with van der Waals surface area (Å²) in [6, 6.07) is 9.50. The van der Waals surface area contributed by atoms with Crippen LogP contribution in [0.2, 0.25) is 0 Å². The molecule has 1 fully saturated rings. The van der Waals surface area contributed by atoms with Crippen molar-refractivity contribution in [3.05, 3.63) is 36.0 Å². The molecule has 1 aliphatic carbocycles. The monoisotopic (exact) mass is 328 g/mol. The summed E-state index contributed by atoms with van der Waals surface area (Å²) >= 11 is 0. The Morgan fingerprint density at radius 1 is 1.25 bits per heavy atom. The number of fused-ring (bicyclic) bond motifs is 1. The normalized spacial score (nSPS) is 21.7. The van der Waals surface area contributed by atoms with Crippen molar-refractivity contribution >= 4 is 10.9 Å². The summed E-state index contributed by atoms with van der Waals surface area (Å²) in [5.74, 6) is 0.681. The van der Waals surface area contributed by atoms with Gasteiger partial charge in [0.1, 0.15) is 0 Å². The van der Waals surface area contributed by atoms with Crippen LogP contribution < -0.4 is 5.32 Å². The fourth-order valence-corrected chi connectivity index (χ4v) is 4.08. The average molecular weight is 329 g/mol. The second kappa shape index (κ2) is 8.17. The van der Waals surface area contributed by atoms with Gasteiger partial charge in [0.05, 0.1) is 12.7 Å². The first-order valence-electron chi connectivity index (χ1n) is 9.61. The summed E-state index contributed by atoms with van der Waals surface area (Å²) in [5.41, 5.74) is 2.94. The minimum atomic E-state index is 0.325. The molecule has 3 heteroatoms. The molecule has 1 aromatic carbocycles. The van der Waals surface area contributed by atoms with Crippen LogP contribution in [0.25, 0.3) is 10.9 Å². The van der Waals surface area contributed by atoms with Gasteiger partial charge in [-0.25, -0.2) is 0 Å². The molecule has 0 aliphatic heterocycles. The van der Waals surface area contributed by atoms with E-state index in [4.69, 9.17) is 4.74 Å². The average Bonchev–Trinajstić information content (AvgIpc) is 2.98. The van der Waals surface area contributed by atoms with E-state index in [-0.39, 0.29) is 0 Å². The second-order valence-corrected chi connectivity index (χ2v) is 7.32. The van der Waals surface area contributed by atoms with Crippen LogP contribution in [0.5, 0.6) is 0 Å². The van der Waals surface area contributed by atoms with E-state index in [1.807, 2.05) is 0 Å². The van der Waals surface area contributed by atoms with Gasteiger partial charge in [-0.3, -0.25) is 0 Å². The van der Waals surface area contributed by atoms with Crippen LogP contribution in [0.4, 0.5) is 0 Å². The number of rotatable bonds is 7. The molecule has 1 N–H and O–H groups in total. The minimum Gasteiger partial charge on any atom is -0.377 e. The Kier molecular flexibility index (Phi) is 5.96. The van der Waals surface area contributed by atoms with Crippen LogP contribution in [0.15, 0.2) is 30.5 Å². The number of para-hydroxylation sites is 1. The van der Waals surface area contributed by atoms with E-state index in [0.717, 1.165) is 19.7 Å². The Morgan fingerprint density at radius 3 is 2.88 bits per heavy atom. The predicted octanol–water partition coefficient (Wildman–Crippen LogP) is 4.70. The number of aromatic nitrogens is 1. The zero-order valence-electron chi connectivity index (χ0n) is 15.4. The maximum Gasteiger partial charge on any atom is 0.0594 e. The van der Waals surface area contributed by atoms with Crippen LogP contribution in [-0.4, -0.2) is 29.9 Å². The zero-order valence-corrected chi connectivity index (χ0v) is 15.4. The molecule has 1 heterocycles. The number of nitrogens with zero attached hydrogens (tertiary/aromatic N) is 1. The maximum absolute atomic E-state index is 5.65. The number of ether oxygens (including phenoxy) is 1. The van der Waals surface area contributed by atoms with Crippen molar-refractivity contribution in [3.8, 4) is 0 Å². The van der Waals surface area contributed by atoms with Gasteiger partial charge in [-0.05, 0) is 57.6 Å². The highest BCUT2D eigenvalue weighted by Gasteiger charge is 2.25. The topological polar surface area (TPSA) is 26.2 Å². The van der Waals surface area contributed by atoms with Crippen LogP contribution in [0.3, 0.4) is 0 Å². The lowest BCUT2D eigenvalue weighted by molar-refractivity contribution is 0.0782. The Labute approximate surface area is 146 Å². The van der Waals surface area contributed by atoms with Gasteiger partial charge in [-0.15, -0.1) is 0 Å². The molecule has 3 rings (SSSR count). The molecule has 2 aromatic rings. The van der Waals surface area contributed by atoms with Crippen molar-refractivity contribution in [2.45, 2.75) is 71.1 Å². The first kappa shape index (κ1) is 17.5.